The number of H-pyrrole nitrogens is 1. The molecule has 6 nitrogen and oxygen atoms in total. The summed E-state index contributed by atoms with van der Waals surface area (Å²) in [5.74, 6) is 0.617. The maximum atomic E-state index is 12.1. The SMILES string of the molecule is Cc1nc2cc(-c3cnc(NC4CC(C)(C)OC(C)(C)C4)s3)ccc2c(=O)[nH]1. The molecule has 0 atom stereocenters. The molecule has 0 aliphatic carbocycles. The summed E-state index contributed by atoms with van der Waals surface area (Å²) in [4.78, 5) is 24.9. The van der Waals surface area contributed by atoms with Crippen molar-refractivity contribution in [1.82, 2.24) is 15.0 Å². The van der Waals surface area contributed by atoms with Gasteiger partial charge in [0, 0.05) is 12.2 Å². The molecule has 0 radical (unpaired) electrons. The summed E-state index contributed by atoms with van der Waals surface area (Å²) < 4.78 is 6.17. The van der Waals surface area contributed by atoms with Crippen molar-refractivity contribution in [1.29, 1.82) is 0 Å². The smallest absolute Gasteiger partial charge is 0.258 e. The molecule has 1 aliphatic heterocycles. The number of hydrogen-bond acceptors (Lipinski definition) is 6. The third kappa shape index (κ3) is 3.95. The number of fused-ring (bicyclic) bond motifs is 1. The topological polar surface area (TPSA) is 79.9 Å². The maximum Gasteiger partial charge on any atom is 0.258 e. The molecule has 1 aromatic carbocycles. The molecule has 1 fully saturated rings. The van der Waals surface area contributed by atoms with Gasteiger partial charge in [-0.3, -0.25) is 4.79 Å². The van der Waals surface area contributed by atoms with Crippen LogP contribution in [-0.4, -0.2) is 32.2 Å². The van der Waals surface area contributed by atoms with Crippen LogP contribution in [0, 0.1) is 6.92 Å². The molecule has 3 heterocycles. The Balaban J connectivity index is 1.58. The number of ether oxygens (including phenoxy) is 1. The Morgan fingerprint density at radius 3 is 2.64 bits per heavy atom. The first-order valence-corrected chi connectivity index (χ1v) is 10.4. The van der Waals surface area contributed by atoms with Gasteiger partial charge in [-0.15, -0.1) is 0 Å². The number of nitrogens with zero attached hydrogens (tertiary/aromatic N) is 2. The van der Waals surface area contributed by atoms with Gasteiger partial charge in [0.1, 0.15) is 5.82 Å². The molecule has 2 aromatic heterocycles. The minimum absolute atomic E-state index is 0.106. The quantitative estimate of drug-likeness (QED) is 0.679. The lowest BCUT2D eigenvalue weighted by molar-refractivity contribution is -0.158. The fourth-order valence-electron chi connectivity index (χ4n) is 4.25. The van der Waals surface area contributed by atoms with E-state index < -0.39 is 0 Å². The number of aromatic nitrogens is 3. The molecule has 7 heteroatoms. The second-order valence-corrected chi connectivity index (χ2v) is 9.81. The number of anilines is 1. The van der Waals surface area contributed by atoms with E-state index in [1.807, 2.05) is 24.4 Å². The van der Waals surface area contributed by atoms with Gasteiger partial charge in [0.2, 0.25) is 0 Å². The van der Waals surface area contributed by atoms with E-state index in [1.165, 1.54) is 0 Å². The minimum Gasteiger partial charge on any atom is -0.370 e. The maximum absolute atomic E-state index is 12.1. The van der Waals surface area contributed by atoms with E-state index in [9.17, 15) is 4.79 Å². The van der Waals surface area contributed by atoms with Crippen LogP contribution in [0.3, 0.4) is 0 Å². The predicted octanol–water partition coefficient (Wildman–Crippen LogP) is 4.50. The van der Waals surface area contributed by atoms with Crippen molar-refractivity contribution in [3.05, 3.63) is 40.6 Å². The summed E-state index contributed by atoms with van der Waals surface area (Å²) in [6, 6.07) is 6.05. The number of aryl methyl sites for hydroxylation is 1. The van der Waals surface area contributed by atoms with Crippen LogP contribution >= 0.6 is 11.3 Å². The Labute approximate surface area is 168 Å². The van der Waals surface area contributed by atoms with Crippen LogP contribution in [0.15, 0.2) is 29.2 Å². The standard InChI is InChI=1S/C21H26N4O2S/c1-12-23-16-8-13(6-7-15(16)18(26)24-12)17-11-22-19(28-17)25-14-9-20(2,3)27-21(4,5)10-14/h6-8,11,14H,9-10H2,1-5H3,(H,22,25)(H,23,24,26). The molecular weight excluding hydrogens is 372 g/mol. The summed E-state index contributed by atoms with van der Waals surface area (Å²) in [7, 11) is 0. The Morgan fingerprint density at radius 2 is 1.93 bits per heavy atom. The molecule has 1 aliphatic rings. The summed E-state index contributed by atoms with van der Waals surface area (Å²) >= 11 is 1.62. The van der Waals surface area contributed by atoms with E-state index in [4.69, 9.17) is 4.74 Å². The highest BCUT2D eigenvalue weighted by Crippen LogP contribution is 2.37. The molecule has 0 spiro atoms. The molecule has 148 valence electrons. The molecule has 3 aromatic rings. The van der Waals surface area contributed by atoms with Crippen molar-refractivity contribution < 1.29 is 4.74 Å². The second kappa shape index (κ2) is 6.67. The summed E-state index contributed by atoms with van der Waals surface area (Å²) in [5.41, 5.74) is 1.30. The van der Waals surface area contributed by atoms with Crippen molar-refractivity contribution in [2.45, 2.75) is 64.7 Å². The van der Waals surface area contributed by atoms with Crippen LogP contribution in [0.25, 0.3) is 21.3 Å². The lowest BCUT2D eigenvalue weighted by Gasteiger charge is -2.45. The van der Waals surface area contributed by atoms with Gasteiger partial charge >= 0.3 is 0 Å². The van der Waals surface area contributed by atoms with E-state index in [1.54, 1.807) is 18.3 Å². The second-order valence-electron chi connectivity index (χ2n) is 8.78. The first kappa shape index (κ1) is 19.1. The van der Waals surface area contributed by atoms with Crippen LogP contribution in [-0.2, 0) is 4.74 Å². The van der Waals surface area contributed by atoms with Gasteiger partial charge in [0.05, 0.1) is 27.0 Å². The Morgan fingerprint density at radius 1 is 1.21 bits per heavy atom. The molecule has 0 bridgehead atoms. The highest BCUT2D eigenvalue weighted by Gasteiger charge is 2.39. The number of nitrogens with one attached hydrogen (secondary N) is 2. The van der Waals surface area contributed by atoms with E-state index >= 15 is 0 Å². The van der Waals surface area contributed by atoms with Gasteiger partial charge in [-0.1, -0.05) is 17.4 Å². The van der Waals surface area contributed by atoms with E-state index in [2.05, 4.69) is 48.0 Å². The van der Waals surface area contributed by atoms with E-state index in [-0.39, 0.29) is 16.8 Å². The largest absolute Gasteiger partial charge is 0.370 e. The van der Waals surface area contributed by atoms with Gasteiger partial charge in [-0.2, -0.15) is 0 Å². The lowest BCUT2D eigenvalue weighted by Crippen LogP contribution is -2.49. The Hall–Kier alpha value is -2.25. The number of hydrogen-bond donors (Lipinski definition) is 2. The van der Waals surface area contributed by atoms with Crippen molar-refractivity contribution >= 4 is 27.4 Å². The minimum atomic E-state index is -0.158. The zero-order valence-corrected chi connectivity index (χ0v) is 17.7. The summed E-state index contributed by atoms with van der Waals surface area (Å²) in [6.45, 7) is 10.4. The average molecular weight is 399 g/mol. The molecule has 4 rings (SSSR count). The molecule has 1 saturated heterocycles. The molecular formula is C21H26N4O2S. The first-order chi connectivity index (χ1) is 13.1. The third-order valence-corrected chi connectivity index (χ3v) is 5.95. The fraction of sp³-hybridized carbons (Fsp3) is 0.476. The summed E-state index contributed by atoms with van der Waals surface area (Å²) in [5, 5.41) is 5.10. The fourth-order valence-corrected chi connectivity index (χ4v) is 5.14. The van der Waals surface area contributed by atoms with Gasteiger partial charge < -0.3 is 15.0 Å². The number of thiazole rings is 1. The number of aromatic amines is 1. The average Bonchev–Trinajstić information content (AvgIpc) is 2.99. The van der Waals surface area contributed by atoms with Crippen molar-refractivity contribution in [3.8, 4) is 10.4 Å². The van der Waals surface area contributed by atoms with Crippen molar-refractivity contribution in [2.75, 3.05) is 5.32 Å². The lowest BCUT2D eigenvalue weighted by atomic mass is 9.85. The molecule has 2 N–H and O–H groups in total. The number of benzene rings is 1. The van der Waals surface area contributed by atoms with Crippen molar-refractivity contribution in [2.24, 2.45) is 0 Å². The van der Waals surface area contributed by atoms with Crippen LogP contribution in [0.1, 0.15) is 46.4 Å². The van der Waals surface area contributed by atoms with Crippen LogP contribution < -0.4 is 10.9 Å². The highest BCUT2D eigenvalue weighted by molar-refractivity contribution is 7.18. The monoisotopic (exact) mass is 398 g/mol. The molecule has 0 amide bonds. The van der Waals surface area contributed by atoms with Gasteiger partial charge in [0.25, 0.3) is 5.56 Å². The van der Waals surface area contributed by atoms with E-state index in [0.29, 0.717) is 22.8 Å². The number of rotatable bonds is 3. The predicted molar refractivity (Wildman–Crippen MR) is 114 cm³/mol. The summed E-state index contributed by atoms with van der Waals surface area (Å²) in [6.07, 6.45) is 3.75. The zero-order valence-electron chi connectivity index (χ0n) is 16.9. The van der Waals surface area contributed by atoms with Gasteiger partial charge in [0.15, 0.2) is 5.13 Å². The Bertz CT molecular complexity index is 1070. The first-order valence-electron chi connectivity index (χ1n) is 9.54. The van der Waals surface area contributed by atoms with Crippen molar-refractivity contribution in [3.63, 3.8) is 0 Å². The molecule has 0 saturated carbocycles. The third-order valence-electron chi connectivity index (χ3n) is 4.97. The van der Waals surface area contributed by atoms with Gasteiger partial charge in [-0.25, -0.2) is 9.97 Å². The molecule has 0 unspecified atom stereocenters. The van der Waals surface area contributed by atoms with Crippen LogP contribution in [0.4, 0.5) is 5.13 Å². The highest BCUT2D eigenvalue weighted by atomic mass is 32.1. The zero-order chi connectivity index (χ0) is 20.1. The van der Waals surface area contributed by atoms with Crippen LogP contribution in [0.2, 0.25) is 0 Å². The Kier molecular flexibility index (Phi) is 4.55. The van der Waals surface area contributed by atoms with E-state index in [0.717, 1.165) is 28.4 Å². The molecule has 28 heavy (non-hydrogen) atoms. The van der Waals surface area contributed by atoms with Crippen LogP contribution in [0.5, 0.6) is 0 Å². The normalized spacial score (nSPS) is 19.0. The van der Waals surface area contributed by atoms with Gasteiger partial charge in [-0.05, 0) is 65.2 Å².